The topological polar surface area (TPSA) is 58.4 Å². The van der Waals surface area contributed by atoms with Crippen molar-refractivity contribution >= 4 is 0 Å². The van der Waals surface area contributed by atoms with Gasteiger partial charge in [0.15, 0.2) is 0 Å². The lowest BCUT2D eigenvalue weighted by molar-refractivity contribution is 0.237. The Morgan fingerprint density at radius 1 is 0.909 bits per heavy atom. The van der Waals surface area contributed by atoms with Gasteiger partial charge in [0, 0.05) is 31.6 Å². The number of aromatic nitrogens is 2. The van der Waals surface area contributed by atoms with Crippen molar-refractivity contribution in [1.29, 1.82) is 0 Å². The molecule has 0 saturated heterocycles. The molecule has 0 saturated carbocycles. The third-order valence-electron chi connectivity index (χ3n) is 6.39. The number of hydrogen-bond donors (Lipinski definition) is 1. The third-order valence-corrected chi connectivity index (χ3v) is 6.39. The van der Waals surface area contributed by atoms with Crippen LogP contribution in [0.4, 0.5) is 0 Å². The maximum atomic E-state index is 13.9. The van der Waals surface area contributed by atoms with E-state index in [-0.39, 0.29) is 17.4 Å². The van der Waals surface area contributed by atoms with Gasteiger partial charge in [-0.3, -0.25) is 14.3 Å². The highest BCUT2D eigenvalue weighted by Crippen LogP contribution is 2.28. The lowest BCUT2D eigenvalue weighted by Crippen LogP contribution is -2.40. The van der Waals surface area contributed by atoms with Crippen molar-refractivity contribution in [1.82, 2.24) is 14.5 Å². The average molecular weight is 438 g/mol. The van der Waals surface area contributed by atoms with E-state index in [2.05, 4.69) is 29.2 Å². The van der Waals surface area contributed by atoms with Crippen LogP contribution in [0.3, 0.4) is 0 Å². The molecule has 4 aromatic rings. The zero-order valence-electron chi connectivity index (χ0n) is 18.7. The fraction of sp³-hybridized carbons (Fsp3) is 0.214. The summed E-state index contributed by atoms with van der Waals surface area (Å²) in [5.74, 6) is 1.02. The smallest absolute Gasteiger partial charge is 0.259 e. The summed E-state index contributed by atoms with van der Waals surface area (Å²) in [6.07, 6.45) is 0.723. The highest BCUT2D eigenvalue weighted by molar-refractivity contribution is 5.35. The molecule has 3 aromatic carbocycles. The molecule has 0 bridgehead atoms. The lowest BCUT2D eigenvalue weighted by atomic mass is 9.97. The predicted octanol–water partition coefficient (Wildman–Crippen LogP) is 4.45. The van der Waals surface area contributed by atoms with Crippen LogP contribution in [0.15, 0.2) is 89.7 Å². The molecule has 1 aliphatic rings. The summed E-state index contributed by atoms with van der Waals surface area (Å²) in [7, 11) is 0. The van der Waals surface area contributed by atoms with Gasteiger partial charge < -0.3 is 5.11 Å². The van der Waals surface area contributed by atoms with Crippen LogP contribution < -0.4 is 5.56 Å². The van der Waals surface area contributed by atoms with Crippen molar-refractivity contribution in [3.63, 3.8) is 0 Å². The molecule has 5 nitrogen and oxygen atoms in total. The first kappa shape index (κ1) is 21.2. The van der Waals surface area contributed by atoms with Crippen LogP contribution in [0.25, 0.3) is 0 Å². The van der Waals surface area contributed by atoms with E-state index in [0.29, 0.717) is 13.1 Å². The zero-order valence-corrected chi connectivity index (χ0v) is 18.7. The quantitative estimate of drug-likeness (QED) is 0.501. The maximum Gasteiger partial charge on any atom is 0.259 e. The summed E-state index contributed by atoms with van der Waals surface area (Å²) >= 11 is 0. The van der Waals surface area contributed by atoms with Crippen LogP contribution in [-0.2, 0) is 19.5 Å². The van der Waals surface area contributed by atoms with Gasteiger partial charge in [-0.15, -0.1) is 0 Å². The number of fused-ring (bicyclic) bond motifs is 1. The highest BCUT2D eigenvalue weighted by Gasteiger charge is 2.27. The number of aryl methyl sites for hydroxylation is 1. The molecule has 1 N–H and O–H groups in total. The minimum atomic E-state index is -0.244. The standard InChI is InChI=1S/C28H27N3O2/c1-20-29-25-16-17-30(18-23-14-8-9-15-26(23)32)19-24(25)28(33)31(20)27(21-10-4-2-5-11-21)22-12-6-3-7-13-22/h2-15,27,32H,16-19H2,1H3. The van der Waals surface area contributed by atoms with Crippen LogP contribution in [0.1, 0.15) is 39.8 Å². The summed E-state index contributed by atoms with van der Waals surface area (Å²) in [4.78, 5) is 21.0. The van der Waals surface area contributed by atoms with E-state index in [4.69, 9.17) is 4.98 Å². The second-order valence-electron chi connectivity index (χ2n) is 8.57. The molecule has 33 heavy (non-hydrogen) atoms. The Kier molecular flexibility index (Phi) is 5.80. The Balaban J connectivity index is 1.57. The fourth-order valence-electron chi connectivity index (χ4n) is 4.75. The molecule has 0 atom stereocenters. The molecule has 0 spiro atoms. The molecule has 2 heterocycles. The molecule has 5 rings (SSSR count). The minimum absolute atomic E-state index is 0.0113. The van der Waals surface area contributed by atoms with Crippen LogP contribution in [0.5, 0.6) is 5.75 Å². The molecular formula is C28H27N3O2. The normalized spacial score (nSPS) is 13.8. The maximum absolute atomic E-state index is 13.9. The first-order chi connectivity index (χ1) is 16.1. The van der Waals surface area contributed by atoms with Crippen LogP contribution in [0.2, 0.25) is 0 Å². The molecule has 1 aliphatic heterocycles. The van der Waals surface area contributed by atoms with Crippen molar-refractivity contribution in [3.05, 3.63) is 129 Å². The number of para-hydroxylation sites is 1. The second kappa shape index (κ2) is 9.04. The van der Waals surface area contributed by atoms with Crippen molar-refractivity contribution in [2.24, 2.45) is 0 Å². The van der Waals surface area contributed by atoms with Gasteiger partial charge in [-0.05, 0) is 24.1 Å². The monoisotopic (exact) mass is 437 g/mol. The summed E-state index contributed by atoms with van der Waals surface area (Å²) in [6.45, 7) is 3.85. The van der Waals surface area contributed by atoms with Gasteiger partial charge >= 0.3 is 0 Å². The number of hydrogen-bond acceptors (Lipinski definition) is 4. The largest absolute Gasteiger partial charge is 0.508 e. The zero-order chi connectivity index (χ0) is 22.8. The lowest BCUT2D eigenvalue weighted by Gasteiger charge is -2.30. The summed E-state index contributed by atoms with van der Waals surface area (Å²) in [6, 6.07) is 27.4. The molecule has 0 radical (unpaired) electrons. The number of rotatable bonds is 5. The third kappa shape index (κ3) is 4.20. The molecular weight excluding hydrogens is 410 g/mol. The van der Waals surface area contributed by atoms with Crippen LogP contribution in [-0.4, -0.2) is 26.1 Å². The van der Waals surface area contributed by atoms with E-state index in [1.807, 2.05) is 66.1 Å². The van der Waals surface area contributed by atoms with Crippen molar-refractivity contribution in [2.75, 3.05) is 6.54 Å². The molecule has 1 aromatic heterocycles. The number of phenols is 1. The van der Waals surface area contributed by atoms with E-state index in [0.717, 1.165) is 46.7 Å². The minimum Gasteiger partial charge on any atom is -0.508 e. The first-order valence-electron chi connectivity index (χ1n) is 11.3. The highest BCUT2D eigenvalue weighted by atomic mass is 16.3. The van der Waals surface area contributed by atoms with E-state index >= 15 is 0 Å². The van der Waals surface area contributed by atoms with Crippen molar-refractivity contribution in [3.8, 4) is 5.75 Å². The Labute approximate surface area is 193 Å². The Bertz CT molecular complexity index is 1280. The number of benzene rings is 3. The van der Waals surface area contributed by atoms with Crippen molar-refractivity contribution < 1.29 is 5.11 Å². The van der Waals surface area contributed by atoms with E-state index < -0.39 is 0 Å². The van der Waals surface area contributed by atoms with Gasteiger partial charge in [-0.2, -0.15) is 0 Å². The summed E-state index contributed by atoms with van der Waals surface area (Å²) < 4.78 is 1.84. The van der Waals surface area contributed by atoms with Gasteiger partial charge in [-0.25, -0.2) is 4.98 Å². The summed E-state index contributed by atoms with van der Waals surface area (Å²) in [5, 5.41) is 10.2. The molecule has 166 valence electrons. The van der Waals surface area contributed by atoms with E-state index in [1.165, 1.54) is 0 Å². The molecule has 0 unspecified atom stereocenters. The Morgan fingerprint density at radius 2 is 1.52 bits per heavy atom. The van der Waals surface area contributed by atoms with E-state index in [1.54, 1.807) is 6.07 Å². The van der Waals surface area contributed by atoms with Gasteiger partial charge in [0.05, 0.1) is 17.3 Å². The van der Waals surface area contributed by atoms with Crippen LogP contribution >= 0.6 is 0 Å². The van der Waals surface area contributed by atoms with Gasteiger partial charge in [0.1, 0.15) is 11.6 Å². The Hall–Kier alpha value is -3.70. The fourth-order valence-corrected chi connectivity index (χ4v) is 4.75. The Morgan fingerprint density at radius 3 is 2.15 bits per heavy atom. The average Bonchev–Trinajstić information content (AvgIpc) is 2.85. The summed E-state index contributed by atoms with van der Waals surface area (Å²) in [5.41, 5.74) is 4.63. The molecule has 5 heteroatoms. The number of phenolic OH excluding ortho intramolecular Hbond substituents is 1. The number of nitrogens with zero attached hydrogens (tertiary/aromatic N) is 3. The van der Waals surface area contributed by atoms with E-state index in [9.17, 15) is 9.90 Å². The molecule has 0 fully saturated rings. The van der Waals surface area contributed by atoms with Crippen molar-refractivity contribution in [2.45, 2.75) is 32.5 Å². The van der Waals surface area contributed by atoms with Crippen LogP contribution in [0, 0.1) is 6.92 Å². The molecule has 0 amide bonds. The second-order valence-corrected chi connectivity index (χ2v) is 8.57. The predicted molar refractivity (Wildman–Crippen MR) is 129 cm³/mol. The molecule has 0 aliphatic carbocycles. The van der Waals surface area contributed by atoms with Gasteiger partial charge in [0.2, 0.25) is 0 Å². The SMILES string of the molecule is Cc1nc2c(c(=O)n1C(c1ccccc1)c1ccccc1)CN(Cc1ccccc1O)CC2. The van der Waals surface area contributed by atoms with Gasteiger partial charge in [0.25, 0.3) is 5.56 Å². The first-order valence-corrected chi connectivity index (χ1v) is 11.3. The van der Waals surface area contributed by atoms with Gasteiger partial charge in [-0.1, -0.05) is 78.9 Å². The number of aromatic hydroxyl groups is 1.